The van der Waals surface area contributed by atoms with Crippen LogP contribution in [0.3, 0.4) is 0 Å². The van der Waals surface area contributed by atoms with Crippen LogP contribution < -0.4 is 5.32 Å². The van der Waals surface area contributed by atoms with Gasteiger partial charge in [0.1, 0.15) is 0 Å². The van der Waals surface area contributed by atoms with Crippen LogP contribution in [-0.4, -0.2) is 23.7 Å². The Labute approximate surface area is 103 Å². The molecule has 0 aliphatic carbocycles. The third kappa shape index (κ3) is 3.46. The molecule has 0 saturated carbocycles. The number of hydrogen-bond donors (Lipinski definition) is 2. The molecule has 1 atom stereocenters. The lowest BCUT2D eigenvalue weighted by atomic mass is 10.1. The first-order valence-electron chi connectivity index (χ1n) is 5.57. The van der Waals surface area contributed by atoms with Gasteiger partial charge < -0.3 is 10.4 Å². The highest BCUT2D eigenvalue weighted by molar-refractivity contribution is 5.94. The highest BCUT2D eigenvalue weighted by atomic mass is 19.2. The maximum Gasteiger partial charge on any atom is 0.254 e. The number of nitrogens with one attached hydrogen (secondary N) is 1. The molecule has 100 valence electrons. The molecule has 6 heteroatoms. The third-order valence-electron chi connectivity index (χ3n) is 2.51. The van der Waals surface area contributed by atoms with Crippen molar-refractivity contribution in [2.45, 2.75) is 25.9 Å². The van der Waals surface area contributed by atoms with Crippen molar-refractivity contribution in [3.63, 3.8) is 0 Å². The normalized spacial score (nSPS) is 12.3. The van der Waals surface area contributed by atoms with Crippen molar-refractivity contribution < 1.29 is 23.1 Å². The van der Waals surface area contributed by atoms with E-state index in [0.717, 1.165) is 6.07 Å². The number of hydrogen-bond acceptors (Lipinski definition) is 2. The van der Waals surface area contributed by atoms with Crippen molar-refractivity contribution >= 4 is 5.91 Å². The smallest absolute Gasteiger partial charge is 0.254 e. The lowest BCUT2D eigenvalue weighted by Gasteiger charge is -2.09. The molecule has 1 aromatic rings. The summed E-state index contributed by atoms with van der Waals surface area (Å²) in [6.07, 6.45) is 0.295. The van der Waals surface area contributed by atoms with Crippen LogP contribution in [0.4, 0.5) is 13.2 Å². The van der Waals surface area contributed by atoms with Gasteiger partial charge in [-0.2, -0.15) is 0 Å². The van der Waals surface area contributed by atoms with Crippen LogP contribution in [0.2, 0.25) is 0 Å². The zero-order valence-electron chi connectivity index (χ0n) is 9.84. The molecule has 0 aliphatic heterocycles. The fraction of sp³-hybridized carbons (Fsp3) is 0.417. The van der Waals surface area contributed by atoms with Crippen molar-refractivity contribution in [3.8, 4) is 0 Å². The number of carbonyl (C=O) groups excluding carboxylic acids is 1. The lowest BCUT2D eigenvalue weighted by Crippen LogP contribution is -2.28. The summed E-state index contributed by atoms with van der Waals surface area (Å²) in [6, 6.07) is 1.56. The Morgan fingerprint density at radius 1 is 1.33 bits per heavy atom. The van der Waals surface area contributed by atoms with Gasteiger partial charge in [0.15, 0.2) is 17.5 Å². The first-order chi connectivity index (χ1) is 8.47. The Kier molecular flexibility index (Phi) is 5.15. The van der Waals surface area contributed by atoms with Crippen molar-refractivity contribution in [1.82, 2.24) is 5.32 Å². The quantitative estimate of drug-likeness (QED) is 0.796. The van der Waals surface area contributed by atoms with Gasteiger partial charge >= 0.3 is 0 Å². The minimum Gasteiger partial charge on any atom is -0.393 e. The van der Waals surface area contributed by atoms with Crippen molar-refractivity contribution in [3.05, 3.63) is 35.1 Å². The molecule has 0 fully saturated rings. The molecule has 0 aromatic heterocycles. The molecule has 2 N–H and O–H groups in total. The van der Waals surface area contributed by atoms with Gasteiger partial charge in [0, 0.05) is 6.54 Å². The molecule has 0 bridgehead atoms. The Morgan fingerprint density at radius 2 is 2.00 bits per heavy atom. The molecule has 1 rings (SSSR count). The van der Waals surface area contributed by atoms with Gasteiger partial charge in [0.25, 0.3) is 5.91 Å². The van der Waals surface area contributed by atoms with E-state index in [1.807, 2.05) is 0 Å². The van der Waals surface area contributed by atoms with Crippen molar-refractivity contribution in [2.75, 3.05) is 6.54 Å². The van der Waals surface area contributed by atoms with E-state index in [1.165, 1.54) is 0 Å². The van der Waals surface area contributed by atoms with E-state index in [-0.39, 0.29) is 6.54 Å². The predicted octanol–water partition coefficient (Wildman–Crippen LogP) is 1.99. The summed E-state index contributed by atoms with van der Waals surface area (Å²) in [4.78, 5) is 11.5. The second-order valence-corrected chi connectivity index (χ2v) is 3.83. The molecule has 0 radical (unpaired) electrons. The second-order valence-electron chi connectivity index (χ2n) is 3.83. The molecule has 1 amide bonds. The minimum atomic E-state index is -1.67. The molecule has 0 heterocycles. The summed E-state index contributed by atoms with van der Waals surface area (Å²) in [5, 5.41) is 11.6. The zero-order valence-corrected chi connectivity index (χ0v) is 9.84. The van der Waals surface area contributed by atoms with Gasteiger partial charge in [-0.1, -0.05) is 6.92 Å². The SMILES string of the molecule is CCC(O)CCNC(=O)c1ccc(F)c(F)c1F. The summed E-state index contributed by atoms with van der Waals surface area (Å²) < 4.78 is 38.8. The average molecular weight is 261 g/mol. The van der Waals surface area contributed by atoms with Gasteiger partial charge in [0.05, 0.1) is 11.7 Å². The van der Waals surface area contributed by atoms with E-state index in [4.69, 9.17) is 0 Å². The Morgan fingerprint density at radius 3 is 2.61 bits per heavy atom. The largest absolute Gasteiger partial charge is 0.393 e. The zero-order chi connectivity index (χ0) is 13.7. The molecule has 0 saturated heterocycles. The lowest BCUT2D eigenvalue weighted by molar-refractivity contribution is 0.0936. The van der Waals surface area contributed by atoms with Crippen molar-refractivity contribution in [1.29, 1.82) is 0 Å². The Balaban J connectivity index is 2.65. The van der Waals surface area contributed by atoms with E-state index >= 15 is 0 Å². The van der Waals surface area contributed by atoms with Crippen LogP contribution in [0.15, 0.2) is 12.1 Å². The Bertz CT molecular complexity index is 438. The monoisotopic (exact) mass is 261 g/mol. The van der Waals surface area contributed by atoms with Gasteiger partial charge in [-0.25, -0.2) is 13.2 Å². The van der Waals surface area contributed by atoms with Gasteiger partial charge in [-0.15, -0.1) is 0 Å². The highest BCUT2D eigenvalue weighted by Crippen LogP contribution is 2.14. The van der Waals surface area contributed by atoms with Crippen LogP contribution in [0.5, 0.6) is 0 Å². The van der Waals surface area contributed by atoms with E-state index in [9.17, 15) is 23.1 Å². The summed E-state index contributed by atoms with van der Waals surface area (Å²) in [5.74, 6) is -5.36. The van der Waals surface area contributed by atoms with Crippen molar-refractivity contribution in [2.24, 2.45) is 0 Å². The summed E-state index contributed by atoms with van der Waals surface area (Å²) in [5.41, 5.74) is -0.556. The van der Waals surface area contributed by atoms with E-state index in [2.05, 4.69) is 5.32 Å². The van der Waals surface area contributed by atoms with Crippen LogP contribution in [0.25, 0.3) is 0 Å². The topological polar surface area (TPSA) is 49.3 Å². The molecule has 1 unspecified atom stereocenters. The summed E-state index contributed by atoms with van der Waals surface area (Å²) in [6.45, 7) is 1.91. The summed E-state index contributed by atoms with van der Waals surface area (Å²) in [7, 11) is 0. The Hall–Kier alpha value is -1.56. The highest BCUT2D eigenvalue weighted by Gasteiger charge is 2.18. The number of aliphatic hydroxyl groups excluding tert-OH is 1. The molecular formula is C12H14F3NO2. The molecule has 3 nitrogen and oxygen atoms in total. The van der Waals surface area contributed by atoms with E-state index < -0.39 is 35.0 Å². The number of rotatable bonds is 5. The number of carbonyl (C=O) groups is 1. The molecule has 0 spiro atoms. The molecule has 18 heavy (non-hydrogen) atoms. The molecular weight excluding hydrogens is 247 g/mol. The fourth-order valence-corrected chi connectivity index (χ4v) is 1.35. The molecule has 0 aliphatic rings. The fourth-order valence-electron chi connectivity index (χ4n) is 1.35. The maximum atomic E-state index is 13.2. The van der Waals surface area contributed by atoms with E-state index in [1.54, 1.807) is 6.92 Å². The van der Waals surface area contributed by atoms with Gasteiger partial charge in [-0.3, -0.25) is 4.79 Å². The molecule has 1 aromatic carbocycles. The van der Waals surface area contributed by atoms with Gasteiger partial charge in [-0.05, 0) is 25.0 Å². The van der Waals surface area contributed by atoms with Gasteiger partial charge in [0.2, 0.25) is 0 Å². The number of benzene rings is 1. The number of aliphatic hydroxyl groups is 1. The second kappa shape index (κ2) is 6.39. The summed E-state index contributed by atoms with van der Waals surface area (Å²) >= 11 is 0. The standard InChI is InChI=1S/C12H14F3NO2/c1-2-7(17)5-6-16-12(18)8-3-4-9(13)11(15)10(8)14/h3-4,7,17H,2,5-6H2,1H3,(H,16,18). The van der Waals surface area contributed by atoms with Crippen LogP contribution in [-0.2, 0) is 0 Å². The van der Waals surface area contributed by atoms with Crippen LogP contribution in [0, 0.1) is 17.5 Å². The first-order valence-corrected chi connectivity index (χ1v) is 5.57. The van der Waals surface area contributed by atoms with E-state index in [0.29, 0.717) is 18.9 Å². The number of halogens is 3. The van der Waals surface area contributed by atoms with Crippen LogP contribution >= 0.6 is 0 Å². The maximum absolute atomic E-state index is 13.2. The average Bonchev–Trinajstić information content (AvgIpc) is 2.35. The number of amides is 1. The predicted molar refractivity (Wildman–Crippen MR) is 59.6 cm³/mol. The third-order valence-corrected chi connectivity index (χ3v) is 2.51. The minimum absolute atomic E-state index is 0.131. The first kappa shape index (κ1) is 14.5. The van der Waals surface area contributed by atoms with Crippen LogP contribution in [0.1, 0.15) is 30.1 Å².